The zero-order valence-electron chi connectivity index (χ0n) is 14.3. The van der Waals surface area contributed by atoms with Crippen molar-refractivity contribution in [2.24, 2.45) is 11.0 Å². The third-order valence-electron chi connectivity index (χ3n) is 4.37. The average molecular weight is 342 g/mol. The number of fused-ring (bicyclic) bond motifs is 1. The van der Waals surface area contributed by atoms with Gasteiger partial charge in [0.25, 0.3) is 5.91 Å². The highest BCUT2D eigenvalue weighted by molar-refractivity contribution is 7.14. The number of carbonyl (C=O) groups excluding carboxylic acids is 1. The van der Waals surface area contributed by atoms with E-state index in [2.05, 4.69) is 17.5 Å². The molecule has 0 saturated carbocycles. The van der Waals surface area contributed by atoms with E-state index < -0.39 is 0 Å². The van der Waals surface area contributed by atoms with Crippen molar-refractivity contribution in [3.05, 3.63) is 51.2 Å². The van der Waals surface area contributed by atoms with Gasteiger partial charge in [-0.3, -0.25) is 4.79 Å². The Labute approximate surface area is 146 Å². The first-order valence-corrected chi connectivity index (χ1v) is 8.99. The second-order valence-electron chi connectivity index (χ2n) is 6.28. The minimum Gasteiger partial charge on any atom is -0.497 e. The van der Waals surface area contributed by atoms with Gasteiger partial charge in [0.2, 0.25) is 0 Å². The number of hydrogen-bond donors (Lipinski definition) is 1. The zero-order valence-corrected chi connectivity index (χ0v) is 15.1. The van der Waals surface area contributed by atoms with Gasteiger partial charge in [0.15, 0.2) is 0 Å². The van der Waals surface area contributed by atoms with Gasteiger partial charge in [-0.2, -0.15) is 5.10 Å². The number of carbonyl (C=O) groups is 1. The number of hydrogen-bond acceptors (Lipinski definition) is 4. The van der Waals surface area contributed by atoms with Crippen molar-refractivity contribution in [3.63, 3.8) is 0 Å². The fourth-order valence-corrected chi connectivity index (χ4v) is 4.02. The van der Waals surface area contributed by atoms with E-state index >= 15 is 0 Å². The molecule has 4 nitrogen and oxygen atoms in total. The Balaban J connectivity index is 1.70. The lowest BCUT2D eigenvalue weighted by molar-refractivity contribution is 0.0959. The van der Waals surface area contributed by atoms with Crippen molar-refractivity contribution < 1.29 is 9.53 Å². The molecule has 0 bridgehead atoms. The summed E-state index contributed by atoms with van der Waals surface area (Å²) in [7, 11) is 1.63. The molecule has 1 aromatic carbocycles. The number of aryl methyl sites for hydroxylation is 1. The number of rotatable bonds is 4. The Bertz CT molecular complexity index is 779. The van der Waals surface area contributed by atoms with Crippen molar-refractivity contribution in [1.29, 1.82) is 0 Å². The van der Waals surface area contributed by atoms with Crippen LogP contribution < -0.4 is 10.2 Å². The largest absolute Gasteiger partial charge is 0.497 e. The number of ether oxygens (including phenoxy) is 1. The van der Waals surface area contributed by atoms with Crippen molar-refractivity contribution >= 4 is 23.0 Å². The van der Waals surface area contributed by atoms with Crippen LogP contribution in [0.5, 0.6) is 5.75 Å². The summed E-state index contributed by atoms with van der Waals surface area (Å²) in [5.74, 6) is 1.34. The van der Waals surface area contributed by atoms with E-state index in [9.17, 15) is 4.79 Å². The van der Waals surface area contributed by atoms with Crippen LogP contribution >= 0.6 is 11.3 Å². The highest BCUT2D eigenvalue weighted by atomic mass is 32.1. The van der Waals surface area contributed by atoms with E-state index in [4.69, 9.17) is 4.74 Å². The first-order valence-electron chi connectivity index (χ1n) is 8.17. The highest BCUT2D eigenvalue weighted by Gasteiger charge is 2.20. The Kier molecular flexibility index (Phi) is 5.00. The van der Waals surface area contributed by atoms with Gasteiger partial charge in [-0.05, 0) is 55.9 Å². The molecule has 1 aliphatic rings. The van der Waals surface area contributed by atoms with E-state index in [1.807, 2.05) is 37.3 Å². The van der Waals surface area contributed by atoms with Crippen LogP contribution in [0.15, 0.2) is 35.4 Å². The molecule has 1 atom stereocenters. The van der Waals surface area contributed by atoms with Gasteiger partial charge >= 0.3 is 0 Å². The minimum atomic E-state index is -0.135. The lowest BCUT2D eigenvalue weighted by atomic mass is 9.90. The summed E-state index contributed by atoms with van der Waals surface area (Å²) >= 11 is 1.60. The molecule has 1 aliphatic carbocycles. The molecular weight excluding hydrogens is 320 g/mol. The van der Waals surface area contributed by atoms with Crippen molar-refractivity contribution in [2.45, 2.75) is 33.1 Å². The molecule has 0 saturated heterocycles. The molecule has 1 aromatic heterocycles. The van der Waals surface area contributed by atoms with Gasteiger partial charge < -0.3 is 4.74 Å². The summed E-state index contributed by atoms with van der Waals surface area (Å²) in [6.45, 7) is 4.14. The Hall–Kier alpha value is -2.14. The molecule has 3 rings (SSSR count). The van der Waals surface area contributed by atoms with Crippen LogP contribution in [0.1, 0.15) is 45.9 Å². The quantitative estimate of drug-likeness (QED) is 0.673. The lowest BCUT2D eigenvalue weighted by Gasteiger charge is -2.16. The summed E-state index contributed by atoms with van der Waals surface area (Å²) in [5.41, 5.74) is 5.68. The van der Waals surface area contributed by atoms with Gasteiger partial charge in [0.05, 0.1) is 17.7 Å². The van der Waals surface area contributed by atoms with Crippen LogP contribution in [0.3, 0.4) is 0 Å². The third-order valence-corrected chi connectivity index (χ3v) is 5.60. The fraction of sp³-hybridized carbons (Fsp3) is 0.368. The molecule has 0 fully saturated rings. The van der Waals surface area contributed by atoms with Crippen LogP contribution in [-0.2, 0) is 12.8 Å². The van der Waals surface area contributed by atoms with Crippen LogP contribution in [0.25, 0.3) is 0 Å². The van der Waals surface area contributed by atoms with Gasteiger partial charge in [-0.25, -0.2) is 5.43 Å². The Morgan fingerprint density at radius 1 is 1.38 bits per heavy atom. The average Bonchev–Trinajstić information content (AvgIpc) is 3.02. The summed E-state index contributed by atoms with van der Waals surface area (Å²) in [5, 5.41) is 4.24. The number of thiophene rings is 1. The number of nitrogens with zero attached hydrogens (tertiary/aromatic N) is 1. The van der Waals surface area contributed by atoms with E-state index in [1.165, 1.54) is 16.9 Å². The SMILES string of the molecule is COc1cccc(/C(C)=N\NC(=O)c2cc3c(s2)CC[C@H](C)C3)c1. The monoisotopic (exact) mass is 342 g/mol. The van der Waals surface area contributed by atoms with Crippen molar-refractivity contribution in [1.82, 2.24) is 5.43 Å². The van der Waals surface area contributed by atoms with E-state index in [-0.39, 0.29) is 5.91 Å². The second kappa shape index (κ2) is 7.18. The van der Waals surface area contributed by atoms with E-state index in [0.29, 0.717) is 5.92 Å². The van der Waals surface area contributed by atoms with E-state index in [0.717, 1.165) is 34.7 Å². The van der Waals surface area contributed by atoms with Crippen LogP contribution in [0.4, 0.5) is 0 Å². The van der Waals surface area contributed by atoms with Crippen LogP contribution in [-0.4, -0.2) is 18.7 Å². The maximum absolute atomic E-state index is 12.4. The van der Waals surface area contributed by atoms with Gasteiger partial charge in [0, 0.05) is 10.4 Å². The smallest absolute Gasteiger partial charge is 0.281 e. The molecule has 0 unspecified atom stereocenters. The molecule has 126 valence electrons. The fourth-order valence-electron chi connectivity index (χ4n) is 2.92. The number of amides is 1. The number of benzene rings is 1. The standard InChI is InChI=1S/C19H22N2O2S/c1-12-7-8-17-15(9-12)11-18(24-17)19(22)21-20-13(2)14-5-4-6-16(10-14)23-3/h4-6,10-12H,7-9H2,1-3H3,(H,21,22)/b20-13-/t12-/m0/s1. The lowest BCUT2D eigenvalue weighted by Crippen LogP contribution is -2.18. The molecule has 1 amide bonds. The first-order chi connectivity index (χ1) is 11.6. The number of methoxy groups -OCH3 is 1. The minimum absolute atomic E-state index is 0.135. The summed E-state index contributed by atoms with van der Waals surface area (Å²) in [4.78, 5) is 14.5. The molecule has 24 heavy (non-hydrogen) atoms. The maximum atomic E-state index is 12.4. The van der Waals surface area contributed by atoms with Gasteiger partial charge in [-0.1, -0.05) is 19.1 Å². The first kappa shape index (κ1) is 16.7. The van der Waals surface area contributed by atoms with Gasteiger partial charge in [-0.15, -0.1) is 11.3 Å². The molecular formula is C19H22N2O2S. The number of hydrazone groups is 1. The Morgan fingerprint density at radius 3 is 3.00 bits per heavy atom. The van der Waals surface area contributed by atoms with Crippen molar-refractivity contribution in [3.8, 4) is 5.75 Å². The third kappa shape index (κ3) is 3.67. The predicted octanol–water partition coefficient (Wildman–Crippen LogP) is 4.04. The summed E-state index contributed by atoms with van der Waals surface area (Å²) in [6.07, 6.45) is 3.37. The van der Waals surface area contributed by atoms with Crippen molar-refractivity contribution in [2.75, 3.05) is 7.11 Å². The summed E-state index contributed by atoms with van der Waals surface area (Å²) in [6, 6.07) is 9.66. The molecule has 1 N–H and O–H groups in total. The molecule has 0 radical (unpaired) electrons. The van der Waals surface area contributed by atoms with Crippen LogP contribution in [0, 0.1) is 5.92 Å². The molecule has 1 heterocycles. The van der Waals surface area contributed by atoms with Gasteiger partial charge in [0.1, 0.15) is 5.75 Å². The molecule has 2 aromatic rings. The van der Waals surface area contributed by atoms with Crippen LogP contribution in [0.2, 0.25) is 0 Å². The predicted molar refractivity (Wildman–Crippen MR) is 98.2 cm³/mol. The molecule has 0 aliphatic heterocycles. The topological polar surface area (TPSA) is 50.7 Å². The highest BCUT2D eigenvalue weighted by Crippen LogP contribution is 2.32. The normalized spacial score (nSPS) is 17.3. The number of nitrogens with one attached hydrogen (secondary N) is 1. The van der Waals surface area contributed by atoms with E-state index in [1.54, 1.807) is 18.4 Å². The Morgan fingerprint density at radius 2 is 2.21 bits per heavy atom. The molecule has 5 heteroatoms. The maximum Gasteiger partial charge on any atom is 0.281 e. The zero-order chi connectivity index (χ0) is 17.1. The molecule has 0 spiro atoms. The second-order valence-corrected chi connectivity index (χ2v) is 7.41. The summed E-state index contributed by atoms with van der Waals surface area (Å²) < 4.78 is 5.21.